The minimum absolute atomic E-state index is 0. The van der Waals surface area contributed by atoms with Crippen molar-refractivity contribution < 1.29 is 88.7 Å². The molecule has 8 aromatic rings. The van der Waals surface area contributed by atoms with Gasteiger partial charge in [0, 0.05) is 97.4 Å². The number of nitrogens with zero attached hydrogens (tertiary/aromatic N) is 12. The first kappa shape index (κ1) is 96.4. The van der Waals surface area contributed by atoms with Crippen molar-refractivity contribution in [2.45, 2.75) is 61.9 Å². The second-order valence-corrected chi connectivity index (χ2v) is 27.3. The van der Waals surface area contributed by atoms with E-state index in [2.05, 4.69) is 65.2 Å². The minimum Gasteiger partial charge on any atom is -0.506 e. The van der Waals surface area contributed by atoms with Gasteiger partial charge in [-0.05, 0) is 96.9 Å². The molecular weight excluding hydrogens is 1660 g/mol. The third-order valence-corrected chi connectivity index (χ3v) is 18.4. The summed E-state index contributed by atoms with van der Waals surface area (Å²) in [5.41, 5.74) is 9.38. The number of carboxylic acid groups (broad SMARTS) is 6. The van der Waals surface area contributed by atoms with Gasteiger partial charge in [0.25, 0.3) is 11.4 Å². The number of hydrogen-bond acceptors (Lipinski definition) is 32. The molecule has 0 bridgehead atoms. The van der Waals surface area contributed by atoms with Crippen molar-refractivity contribution in [2.75, 3.05) is 57.7 Å². The van der Waals surface area contributed by atoms with Gasteiger partial charge in [-0.2, -0.15) is 33.5 Å². The summed E-state index contributed by atoms with van der Waals surface area (Å²) >= 11 is 23.5. The molecule has 13 N–H and O–H groups in total. The van der Waals surface area contributed by atoms with Crippen LogP contribution in [0.1, 0.15) is 22.8 Å². The van der Waals surface area contributed by atoms with E-state index in [1.807, 2.05) is 12.5 Å². The molecule has 0 amide bonds. The molecule has 4 aliphatic rings. The predicted octanol–water partition coefficient (Wildman–Crippen LogP) is 9.91. The van der Waals surface area contributed by atoms with E-state index in [1.165, 1.54) is 70.6 Å². The zero-order valence-electron chi connectivity index (χ0n) is 55.0. The summed E-state index contributed by atoms with van der Waals surface area (Å²) in [6.45, 7) is 0. The summed E-state index contributed by atoms with van der Waals surface area (Å²) in [5.74, 6) is -2.30. The maximum atomic E-state index is 10.9. The molecule has 32 nitrogen and oxygen atoms in total. The number of aromatic hydroxyl groups is 4. The third-order valence-electron chi connectivity index (χ3n) is 12.6. The fourth-order valence-electron chi connectivity index (χ4n) is 7.74. The van der Waals surface area contributed by atoms with E-state index in [9.17, 15) is 49.2 Å². The monoisotopic (exact) mass is 1720 g/mol. The lowest BCUT2D eigenvalue weighted by Crippen LogP contribution is -2.32. The number of fused-ring (bicyclic) bond motifs is 2. The number of nitrogens with two attached hydrogens (primary N) is 1. The summed E-state index contributed by atoms with van der Waals surface area (Å²) in [7, 11) is 0. The average Bonchev–Trinajstić information content (AvgIpc) is 1.71. The molecule has 0 saturated heterocycles. The molecule has 8 aromatic heterocycles. The molecule has 6 atom stereocenters. The van der Waals surface area contributed by atoms with Crippen LogP contribution in [-0.4, -0.2) is 236 Å². The van der Waals surface area contributed by atoms with Crippen LogP contribution in [0.3, 0.4) is 0 Å². The number of aliphatic carboxylic acids is 6. The van der Waals surface area contributed by atoms with Gasteiger partial charge >= 0.3 is 35.8 Å². The van der Waals surface area contributed by atoms with Crippen LogP contribution in [0, 0.1) is 0 Å². The first-order chi connectivity index (χ1) is 48.8. The molecule has 45 heteroatoms. The number of anilines is 1. The first-order valence-corrected chi connectivity index (χ1v) is 37.4. The number of oxazole rings is 2. The number of aliphatic imine (C=N–C) groups is 4. The Labute approximate surface area is 669 Å². The molecule has 576 valence electrons. The SMILES string of the molecule is CSCC(N)C(=O)O.CSCC(Nc1nc2ncccc2o1)C(=O)O.Cl.Cl.Cl.Cl.ClCCl.Clc1nc2ncccc2o1.O=C(O)[C@@H]1CSC(Cc2ncccc2O)=N1.O=C(O)[C@@H]1CSC(Cc2ncccc2O)=N1.O=C(O)[C@H]1CSC(Cc2ncccc2O)=N1.O=C(O)[C@H]1CSC(Cc2ncccc2O)=N1. The Morgan fingerprint density at radius 3 is 1.02 bits per heavy atom. The van der Waals surface area contributed by atoms with Gasteiger partial charge in [0.2, 0.25) is 5.65 Å². The lowest BCUT2D eigenvalue weighted by molar-refractivity contribution is -0.138. The molecule has 0 aliphatic carbocycles. The van der Waals surface area contributed by atoms with E-state index in [0.717, 1.165) is 0 Å². The van der Waals surface area contributed by atoms with Crippen molar-refractivity contribution in [3.05, 3.63) is 138 Å². The number of hydrogen-bond donors (Lipinski definition) is 12. The molecule has 0 aromatic carbocycles. The van der Waals surface area contributed by atoms with Crippen molar-refractivity contribution in [3.8, 4) is 23.0 Å². The summed E-state index contributed by atoms with van der Waals surface area (Å²) in [6, 6.07) is 15.9. The quantitative estimate of drug-likeness (QED) is 0.0316. The molecule has 0 saturated carbocycles. The van der Waals surface area contributed by atoms with Crippen molar-refractivity contribution in [1.29, 1.82) is 0 Å². The van der Waals surface area contributed by atoms with E-state index in [-0.39, 0.29) is 89.3 Å². The topological polar surface area (TPSA) is 522 Å². The Morgan fingerprint density at radius 2 is 0.774 bits per heavy atom. The van der Waals surface area contributed by atoms with Crippen molar-refractivity contribution in [1.82, 2.24) is 39.9 Å². The Bertz CT molecular complexity index is 3840. The highest BCUT2D eigenvalue weighted by Gasteiger charge is 2.29. The number of aromatic nitrogens is 8. The molecule has 106 heavy (non-hydrogen) atoms. The highest BCUT2D eigenvalue weighted by atomic mass is 35.5. The summed E-state index contributed by atoms with van der Waals surface area (Å²) in [5, 5.41) is 96.1. The number of alkyl halides is 2. The van der Waals surface area contributed by atoms with Crippen LogP contribution in [0.2, 0.25) is 5.35 Å². The molecule has 12 rings (SSSR count). The van der Waals surface area contributed by atoms with Crippen molar-refractivity contribution >= 4 is 239 Å². The predicted molar refractivity (Wildman–Crippen MR) is 425 cm³/mol. The Morgan fingerprint density at radius 1 is 0.481 bits per heavy atom. The maximum absolute atomic E-state index is 10.9. The van der Waals surface area contributed by atoms with E-state index in [0.29, 0.717) is 126 Å². The van der Waals surface area contributed by atoms with Crippen LogP contribution in [-0.2, 0) is 54.5 Å². The van der Waals surface area contributed by atoms with E-state index in [4.69, 9.17) is 80.0 Å². The Balaban J connectivity index is 0.000000617. The Hall–Kier alpha value is -7.57. The second kappa shape index (κ2) is 51.7. The van der Waals surface area contributed by atoms with Gasteiger partial charge in [0.1, 0.15) is 35.1 Å². The highest BCUT2D eigenvalue weighted by molar-refractivity contribution is 8.15. The third kappa shape index (κ3) is 34.1. The smallest absolute Gasteiger partial charge is 0.329 e. The normalized spacial score (nSPS) is 15.9. The number of nitrogens with one attached hydrogen (secondary N) is 1. The number of thioether (sulfide) groups is 6. The number of carbonyl (C=O) groups is 6. The molecule has 12 heterocycles. The van der Waals surface area contributed by atoms with Gasteiger partial charge < -0.3 is 71.0 Å². The lowest BCUT2D eigenvalue weighted by Gasteiger charge is -2.10. The van der Waals surface area contributed by atoms with Gasteiger partial charge in [-0.25, -0.2) is 33.9 Å². The standard InChI is InChI=1S/C10H11N3O3S.4C10H10N2O3S.C6H3ClN2O.C4H9NO2S.CH2Cl2.4ClH/c1-17-5-6(9(14)15)12-10-13-8-7(16-10)3-2-4-11-8;4*13-8-2-1-3-11-6(8)4-9-12-7(5-16-9)10(14)15;7-6-9-5-4(10-6)2-1-3-8-5;1-8-2-3(5)4(6)7;2-1-3;;;;/h2-4,6H,5H2,1H3,(H,14,15)(H,11,12,13);4*1-3,7,13H,4-5H2,(H,14,15);1-3H;3H,2,5H2,1H3,(H,6,7);1H2;4*1H/t;4*7-;;;;;;;/m.1100......./s1. The van der Waals surface area contributed by atoms with E-state index in [1.54, 1.807) is 110 Å². The molecule has 0 spiro atoms. The number of rotatable bonds is 20. The minimum atomic E-state index is -0.936. The molecule has 0 radical (unpaired) electrons. The van der Waals surface area contributed by atoms with Gasteiger partial charge in [0.05, 0.1) is 48.3 Å². The van der Waals surface area contributed by atoms with Crippen LogP contribution in [0.4, 0.5) is 6.01 Å². The van der Waals surface area contributed by atoms with Crippen LogP contribution >= 0.6 is 155 Å². The second-order valence-electron chi connectivity index (χ2n) is 20.0. The van der Waals surface area contributed by atoms with Crippen LogP contribution in [0.15, 0.2) is 139 Å². The Kier molecular flexibility index (Phi) is 47.0. The van der Waals surface area contributed by atoms with E-state index < -0.39 is 72.1 Å². The van der Waals surface area contributed by atoms with Crippen LogP contribution in [0.25, 0.3) is 22.5 Å². The molecule has 4 aliphatic heterocycles. The zero-order valence-corrected chi connectivity index (χ0v) is 65.5. The first-order valence-electron chi connectivity index (χ1n) is 29.2. The average molecular weight is 1730 g/mol. The van der Waals surface area contributed by atoms with Crippen molar-refractivity contribution in [3.63, 3.8) is 0 Å². The summed E-state index contributed by atoms with van der Waals surface area (Å²) in [6.07, 6.45) is 14.8. The van der Waals surface area contributed by atoms with Gasteiger partial charge in [-0.3, -0.25) is 44.7 Å². The highest BCUT2D eigenvalue weighted by Crippen LogP contribution is 2.28. The van der Waals surface area contributed by atoms with Gasteiger partial charge in [-0.1, -0.05) is 0 Å². The van der Waals surface area contributed by atoms with E-state index >= 15 is 0 Å². The molecule has 2 unspecified atom stereocenters. The number of halogens is 7. The van der Waals surface area contributed by atoms with Crippen LogP contribution in [0.5, 0.6) is 23.0 Å². The number of carboxylic acids is 6. The summed E-state index contributed by atoms with van der Waals surface area (Å²) < 4.78 is 10.3. The fraction of sp³-hybridized carbons (Fsp3) is 0.311. The maximum Gasteiger partial charge on any atom is 0.329 e. The van der Waals surface area contributed by atoms with Gasteiger partial charge in [-0.15, -0.1) is 120 Å². The summed E-state index contributed by atoms with van der Waals surface area (Å²) in [4.78, 5) is 112. The lowest BCUT2D eigenvalue weighted by atomic mass is 10.2. The van der Waals surface area contributed by atoms with Crippen LogP contribution < -0.4 is 11.1 Å². The molecular formula is C61H69Cl7N14O18S6. The van der Waals surface area contributed by atoms with Gasteiger partial charge in [0.15, 0.2) is 41.0 Å². The molecule has 0 fully saturated rings. The number of pyridine rings is 6. The fourth-order valence-corrected chi connectivity index (χ4v) is 13.0. The van der Waals surface area contributed by atoms with Crippen molar-refractivity contribution in [2.24, 2.45) is 25.7 Å². The zero-order chi connectivity index (χ0) is 74.7. The largest absolute Gasteiger partial charge is 0.506 e.